The van der Waals surface area contributed by atoms with E-state index in [4.69, 9.17) is 9.15 Å². The summed E-state index contributed by atoms with van der Waals surface area (Å²) in [6.07, 6.45) is 0. The molecule has 1 atom stereocenters. The molecule has 0 spiro atoms. The molecule has 1 heterocycles. The summed E-state index contributed by atoms with van der Waals surface area (Å²) in [5.41, 5.74) is 0.412. The minimum atomic E-state index is -0.961. The van der Waals surface area contributed by atoms with Crippen molar-refractivity contribution >= 4 is 29.7 Å². The lowest BCUT2D eigenvalue weighted by molar-refractivity contribution is -0.146. The van der Waals surface area contributed by atoms with Gasteiger partial charge in [-0.3, -0.25) is 4.79 Å². The van der Waals surface area contributed by atoms with E-state index in [1.165, 1.54) is 7.11 Å². The second-order valence-electron chi connectivity index (χ2n) is 3.97. The molecule has 0 saturated heterocycles. The number of oxazole rings is 1. The molecule has 0 aliphatic rings. The van der Waals surface area contributed by atoms with Gasteiger partial charge in [-0.15, -0.1) is 0 Å². The minimum Gasteiger partial charge on any atom is -0.468 e. The van der Waals surface area contributed by atoms with Crippen LogP contribution in [-0.2, 0) is 14.9 Å². The number of esters is 1. The van der Waals surface area contributed by atoms with Gasteiger partial charge >= 0.3 is 5.97 Å². The van der Waals surface area contributed by atoms with Crippen molar-refractivity contribution in [2.75, 3.05) is 12.9 Å². The van der Waals surface area contributed by atoms with Crippen LogP contribution in [0.1, 0.15) is 12.8 Å². The molecule has 2 aromatic rings. The van der Waals surface area contributed by atoms with Crippen LogP contribution in [0.25, 0.3) is 11.1 Å². The molecular weight excluding hydrogens is 238 g/mol. The lowest BCUT2D eigenvalue weighted by Gasteiger charge is -2.20. The summed E-state index contributed by atoms with van der Waals surface area (Å²) < 4.78 is 10.4. The number of fused-ring (bicyclic) bond motifs is 1. The Morgan fingerprint density at radius 3 is 2.82 bits per heavy atom. The zero-order valence-corrected chi connectivity index (χ0v) is 10.5. The van der Waals surface area contributed by atoms with Gasteiger partial charge in [0.2, 0.25) is 5.89 Å². The first-order valence-corrected chi connectivity index (χ1v) is 5.80. The number of rotatable bonds is 3. The number of carbonyl (C=O) groups excluding carboxylic acids is 1. The number of ether oxygens (including phenoxy) is 1. The van der Waals surface area contributed by atoms with Crippen molar-refractivity contribution in [1.29, 1.82) is 0 Å². The van der Waals surface area contributed by atoms with Gasteiger partial charge in [-0.2, -0.15) is 12.6 Å². The highest BCUT2D eigenvalue weighted by atomic mass is 32.1. The van der Waals surface area contributed by atoms with Crippen molar-refractivity contribution in [1.82, 2.24) is 4.98 Å². The van der Waals surface area contributed by atoms with Crippen molar-refractivity contribution < 1.29 is 13.9 Å². The highest BCUT2D eigenvalue weighted by Crippen LogP contribution is 2.29. The van der Waals surface area contributed by atoms with Gasteiger partial charge in [0.05, 0.1) is 7.11 Å². The SMILES string of the molecule is COC(=O)C(C)(CS)c1nc2ccccc2o1. The van der Waals surface area contributed by atoms with Gasteiger partial charge < -0.3 is 9.15 Å². The topological polar surface area (TPSA) is 52.3 Å². The highest BCUT2D eigenvalue weighted by molar-refractivity contribution is 7.80. The average molecular weight is 251 g/mol. The number of nitrogens with zero attached hydrogens (tertiary/aromatic N) is 1. The lowest BCUT2D eigenvalue weighted by atomic mass is 9.93. The van der Waals surface area contributed by atoms with E-state index in [9.17, 15) is 4.79 Å². The predicted octanol–water partition coefficient (Wildman–Crippen LogP) is 2.19. The maximum Gasteiger partial charge on any atom is 0.321 e. The lowest BCUT2D eigenvalue weighted by Crippen LogP contribution is -2.36. The summed E-state index contributed by atoms with van der Waals surface area (Å²) in [5.74, 6) is 0.201. The van der Waals surface area contributed by atoms with E-state index >= 15 is 0 Å². The summed E-state index contributed by atoms with van der Waals surface area (Å²) in [4.78, 5) is 16.1. The van der Waals surface area contributed by atoms with Crippen LogP contribution in [0.3, 0.4) is 0 Å². The van der Waals surface area contributed by atoms with Gasteiger partial charge in [0.25, 0.3) is 0 Å². The molecule has 5 heteroatoms. The van der Waals surface area contributed by atoms with Gasteiger partial charge in [-0.05, 0) is 19.1 Å². The maximum atomic E-state index is 11.8. The Hall–Kier alpha value is -1.49. The Bertz CT molecular complexity index is 518. The number of hydrogen-bond acceptors (Lipinski definition) is 5. The molecule has 0 amide bonds. The van der Waals surface area contributed by atoms with Crippen LogP contribution in [0.5, 0.6) is 0 Å². The van der Waals surface area contributed by atoms with Gasteiger partial charge in [-0.25, -0.2) is 4.98 Å². The minimum absolute atomic E-state index is 0.270. The first-order valence-electron chi connectivity index (χ1n) is 5.17. The van der Waals surface area contributed by atoms with Crippen LogP contribution in [0.2, 0.25) is 0 Å². The molecule has 0 saturated carbocycles. The molecular formula is C12H13NO3S. The van der Waals surface area contributed by atoms with Gasteiger partial charge in [0.1, 0.15) is 10.9 Å². The van der Waals surface area contributed by atoms with E-state index in [2.05, 4.69) is 17.6 Å². The van der Waals surface area contributed by atoms with Crippen molar-refractivity contribution in [3.05, 3.63) is 30.2 Å². The van der Waals surface area contributed by atoms with Crippen molar-refractivity contribution in [3.8, 4) is 0 Å². The number of thiol groups is 1. The second kappa shape index (κ2) is 4.41. The molecule has 1 aromatic heterocycles. The standard InChI is InChI=1S/C12H13NO3S/c1-12(7-17,11(14)15-2)10-13-8-5-3-4-6-9(8)16-10/h3-6,17H,7H2,1-2H3. The van der Waals surface area contributed by atoms with E-state index in [0.29, 0.717) is 11.5 Å². The Labute approximate surface area is 104 Å². The summed E-state index contributed by atoms with van der Waals surface area (Å²) >= 11 is 4.19. The summed E-state index contributed by atoms with van der Waals surface area (Å²) in [6.45, 7) is 1.70. The number of aromatic nitrogens is 1. The van der Waals surface area contributed by atoms with Crippen molar-refractivity contribution in [2.45, 2.75) is 12.3 Å². The quantitative estimate of drug-likeness (QED) is 0.671. The Morgan fingerprint density at radius 1 is 1.53 bits per heavy atom. The zero-order valence-electron chi connectivity index (χ0n) is 9.64. The first-order chi connectivity index (χ1) is 8.11. The normalized spacial score (nSPS) is 14.5. The Morgan fingerprint density at radius 2 is 2.24 bits per heavy atom. The maximum absolute atomic E-state index is 11.8. The van der Waals surface area contributed by atoms with E-state index in [-0.39, 0.29) is 5.75 Å². The van der Waals surface area contributed by atoms with Crippen LogP contribution in [-0.4, -0.2) is 23.8 Å². The van der Waals surface area contributed by atoms with Crippen LogP contribution in [0, 0.1) is 0 Å². The Kier molecular flexibility index (Phi) is 3.11. The molecule has 0 radical (unpaired) electrons. The van der Waals surface area contributed by atoms with Gasteiger partial charge in [0, 0.05) is 5.75 Å². The van der Waals surface area contributed by atoms with Gasteiger partial charge in [0.15, 0.2) is 5.58 Å². The first kappa shape index (κ1) is 12.0. The molecule has 0 fully saturated rings. The number of methoxy groups -OCH3 is 1. The summed E-state index contributed by atoms with van der Waals surface area (Å²) in [6, 6.07) is 7.36. The number of benzene rings is 1. The third-order valence-electron chi connectivity index (χ3n) is 2.72. The average Bonchev–Trinajstić information content (AvgIpc) is 2.80. The number of para-hydroxylation sites is 2. The smallest absolute Gasteiger partial charge is 0.321 e. The summed E-state index contributed by atoms with van der Waals surface area (Å²) in [7, 11) is 1.34. The van der Waals surface area contributed by atoms with Crippen LogP contribution in [0.4, 0.5) is 0 Å². The molecule has 2 rings (SSSR count). The fraction of sp³-hybridized carbons (Fsp3) is 0.333. The van der Waals surface area contributed by atoms with Gasteiger partial charge in [-0.1, -0.05) is 12.1 Å². The van der Waals surface area contributed by atoms with E-state index in [1.54, 1.807) is 6.92 Å². The molecule has 4 nitrogen and oxygen atoms in total. The third-order valence-corrected chi connectivity index (χ3v) is 3.35. The Balaban J connectivity index is 2.53. The van der Waals surface area contributed by atoms with E-state index in [1.807, 2.05) is 24.3 Å². The molecule has 0 bridgehead atoms. The third kappa shape index (κ3) is 1.91. The number of carbonyl (C=O) groups is 1. The molecule has 0 aliphatic heterocycles. The fourth-order valence-corrected chi connectivity index (χ4v) is 1.82. The van der Waals surface area contributed by atoms with Crippen LogP contribution >= 0.6 is 12.6 Å². The predicted molar refractivity (Wildman–Crippen MR) is 67.2 cm³/mol. The highest BCUT2D eigenvalue weighted by Gasteiger charge is 2.40. The number of hydrogen-bond donors (Lipinski definition) is 1. The van der Waals surface area contributed by atoms with Crippen molar-refractivity contribution in [2.24, 2.45) is 0 Å². The monoisotopic (exact) mass is 251 g/mol. The van der Waals surface area contributed by atoms with Crippen LogP contribution in [0.15, 0.2) is 28.7 Å². The van der Waals surface area contributed by atoms with E-state index in [0.717, 1.165) is 5.52 Å². The zero-order chi connectivity index (χ0) is 12.5. The van der Waals surface area contributed by atoms with E-state index < -0.39 is 11.4 Å². The molecule has 1 unspecified atom stereocenters. The van der Waals surface area contributed by atoms with Crippen molar-refractivity contribution in [3.63, 3.8) is 0 Å². The molecule has 90 valence electrons. The molecule has 17 heavy (non-hydrogen) atoms. The fourth-order valence-electron chi connectivity index (χ4n) is 1.55. The molecule has 0 aliphatic carbocycles. The summed E-state index contributed by atoms with van der Waals surface area (Å²) in [5, 5.41) is 0. The van der Waals surface area contributed by atoms with Crippen LogP contribution < -0.4 is 0 Å². The second-order valence-corrected chi connectivity index (χ2v) is 4.28. The molecule has 0 N–H and O–H groups in total. The largest absolute Gasteiger partial charge is 0.468 e. The molecule has 1 aromatic carbocycles.